The van der Waals surface area contributed by atoms with Crippen molar-refractivity contribution in [2.45, 2.75) is 58.6 Å². The standard InChI is InChI=1S/C19H26N4O2/c1-14(2)25-12-10-18(24)20-16-8-6-7-15(13-16)19-22-21-17-9-4-3-5-11-23(17)19/h6-8,13-14H,3-5,9-12H2,1-2H3,(H,20,24). The minimum atomic E-state index is -0.0436. The highest BCUT2D eigenvalue weighted by molar-refractivity contribution is 5.91. The van der Waals surface area contributed by atoms with Crippen molar-refractivity contribution < 1.29 is 9.53 Å². The van der Waals surface area contributed by atoms with Gasteiger partial charge in [0.1, 0.15) is 5.82 Å². The number of hydrogen-bond donors (Lipinski definition) is 1. The molecule has 0 bridgehead atoms. The molecule has 1 aromatic heterocycles. The molecule has 1 N–H and O–H groups in total. The number of anilines is 1. The summed E-state index contributed by atoms with van der Waals surface area (Å²) in [5, 5.41) is 11.7. The number of aryl methyl sites for hydroxylation is 1. The lowest BCUT2D eigenvalue weighted by atomic mass is 10.2. The highest BCUT2D eigenvalue weighted by atomic mass is 16.5. The maximum absolute atomic E-state index is 12.0. The molecular weight excluding hydrogens is 316 g/mol. The van der Waals surface area contributed by atoms with E-state index in [4.69, 9.17) is 4.74 Å². The first-order valence-corrected chi connectivity index (χ1v) is 9.07. The fraction of sp³-hybridized carbons (Fsp3) is 0.526. The van der Waals surface area contributed by atoms with Gasteiger partial charge in [-0.2, -0.15) is 0 Å². The molecule has 1 aromatic carbocycles. The van der Waals surface area contributed by atoms with Crippen LogP contribution in [-0.2, 0) is 22.5 Å². The van der Waals surface area contributed by atoms with Gasteiger partial charge in [-0.05, 0) is 38.8 Å². The summed E-state index contributed by atoms with van der Waals surface area (Å²) in [7, 11) is 0. The topological polar surface area (TPSA) is 69.0 Å². The van der Waals surface area contributed by atoms with E-state index in [0.29, 0.717) is 13.0 Å². The monoisotopic (exact) mass is 342 g/mol. The first-order valence-electron chi connectivity index (χ1n) is 9.07. The molecule has 6 heteroatoms. The van der Waals surface area contributed by atoms with E-state index in [1.54, 1.807) is 0 Å². The van der Waals surface area contributed by atoms with E-state index < -0.39 is 0 Å². The first kappa shape index (κ1) is 17.6. The van der Waals surface area contributed by atoms with Crippen LogP contribution in [0.1, 0.15) is 45.4 Å². The Hall–Kier alpha value is -2.21. The molecule has 0 atom stereocenters. The lowest BCUT2D eigenvalue weighted by molar-refractivity contribution is -0.117. The normalized spacial score (nSPS) is 14.2. The number of nitrogens with zero attached hydrogens (tertiary/aromatic N) is 3. The molecule has 1 aliphatic rings. The summed E-state index contributed by atoms with van der Waals surface area (Å²) in [5.74, 6) is 1.90. The van der Waals surface area contributed by atoms with Gasteiger partial charge >= 0.3 is 0 Å². The van der Waals surface area contributed by atoms with Gasteiger partial charge in [0.15, 0.2) is 5.82 Å². The zero-order valence-corrected chi connectivity index (χ0v) is 15.0. The SMILES string of the molecule is CC(C)OCCC(=O)Nc1cccc(-c2nnc3n2CCCCC3)c1. The zero-order valence-electron chi connectivity index (χ0n) is 15.0. The Labute approximate surface area is 148 Å². The molecule has 0 saturated heterocycles. The molecule has 0 aliphatic carbocycles. The van der Waals surface area contributed by atoms with Gasteiger partial charge < -0.3 is 14.6 Å². The third-order valence-electron chi connectivity index (χ3n) is 4.29. The molecule has 0 saturated carbocycles. The van der Waals surface area contributed by atoms with E-state index in [-0.39, 0.29) is 12.0 Å². The number of aromatic nitrogens is 3. The van der Waals surface area contributed by atoms with Gasteiger partial charge in [0.2, 0.25) is 5.91 Å². The van der Waals surface area contributed by atoms with E-state index in [1.165, 1.54) is 12.8 Å². The summed E-state index contributed by atoms with van der Waals surface area (Å²) in [5.41, 5.74) is 1.76. The fourth-order valence-electron chi connectivity index (χ4n) is 3.05. The number of rotatable bonds is 6. The highest BCUT2D eigenvalue weighted by Crippen LogP contribution is 2.24. The second kappa shape index (κ2) is 8.25. The lowest BCUT2D eigenvalue weighted by Gasteiger charge is -2.10. The molecule has 0 spiro atoms. The predicted octanol–water partition coefficient (Wildman–Crippen LogP) is 3.43. The van der Waals surface area contributed by atoms with Crippen LogP contribution in [0.4, 0.5) is 5.69 Å². The average Bonchev–Trinajstić information content (AvgIpc) is 2.83. The maximum atomic E-state index is 12.0. The molecular formula is C19H26N4O2. The van der Waals surface area contributed by atoms with Crippen LogP contribution in [0.15, 0.2) is 24.3 Å². The summed E-state index contributed by atoms with van der Waals surface area (Å²) < 4.78 is 7.64. The van der Waals surface area contributed by atoms with E-state index in [2.05, 4.69) is 20.1 Å². The fourth-order valence-corrected chi connectivity index (χ4v) is 3.05. The Morgan fingerprint density at radius 3 is 3.00 bits per heavy atom. The van der Waals surface area contributed by atoms with E-state index in [1.807, 2.05) is 38.1 Å². The largest absolute Gasteiger partial charge is 0.378 e. The number of carbonyl (C=O) groups is 1. The van der Waals surface area contributed by atoms with E-state index in [0.717, 1.165) is 42.3 Å². The molecule has 0 radical (unpaired) electrons. The summed E-state index contributed by atoms with van der Waals surface area (Å²) in [4.78, 5) is 12.0. The Kier molecular flexibility index (Phi) is 5.81. The van der Waals surface area contributed by atoms with Crippen LogP contribution in [0.2, 0.25) is 0 Å². The second-order valence-corrected chi connectivity index (χ2v) is 6.70. The van der Waals surface area contributed by atoms with Gasteiger partial charge in [0.25, 0.3) is 0 Å². The van der Waals surface area contributed by atoms with E-state index >= 15 is 0 Å². The molecule has 2 aromatic rings. The van der Waals surface area contributed by atoms with Crippen molar-refractivity contribution in [3.05, 3.63) is 30.1 Å². The molecule has 0 unspecified atom stereocenters. The average molecular weight is 342 g/mol. The number of nitrogens with one attached hydrogen (secondary N) is 1. The molecule has 134 valence electrons. The number of fused-ring (bicyclic) bond motifs is 1. The molecule has 6 nitrogen and oxygen atoms in total. The van der Waals surface area contributed by atoms with Crippen molar-refractivity contribution >= 4 is 11.6 Å². The second-order valence-electron chi connectivity index (χ2n) is 6.70. The Morgan fingerprint density at radius 1 is 1.28 bits per heavy atom. The number of carbonyl (C=O) groups excluding carboxylic acids is 1. The summed E-state index contributed by atoms with van der Waals surface area (Å²) >= 11 is 0. The van der Waals surface area contributed by atoms with Gasteiger partial charge in [-0.25, -0.2) is 0 Å². The summed E-state index contributed by atoms with van der Waals surface area (Å²) in [6.07, 6.45) is 5.04. The quantitative estimate of drug-likeness (QED) is 0.873. The molecule has 0 fully saturated rings. The van der Waals surface area contributed by atoms with Crippen LogP contribution in [-0.4, -0.2) is 33.4 Å². The van der Waals surface area contributed by atoms with Crippen LogP contribution in [0, 0.1) is 0 Å². The first-order chi connectivity index (χ1) is 12.1. The third-order valence-corrected chi connectivity index (χ3v) is 4.29. The van der Waals surface area contributed by atoms with Crippen molar-refractivity contribution in [3.8, 4) is 11.4 Å². The summed E-state index contributed by atoms with van der Waals surface area (Å²) in [6, 6.07) is 7.81. The van der Waals surface area contributed by atoms with Crippen LogP contribution in [0.25, 0.3) is 11.4 Å². The summed E-state index contributed by atoms with van der Waals surface area (Å²) in [6.45, 7) is 5.31. The smallest absolute Gasteiger partial charge is 0.226 e. The lowest BCUT2D eigenvalue weighted by Crippen LogP contribution is -2.15. The van der Waals surface area contributed by atoms with Crippen molar-refractivity contribution in [1.29, 1.82) is 0 Å². The third kappa shape index (κ3) is 4.66. The zero-order chi connectivity index (χ0) is 17.6. The molecule has 3 rings (SSSR count). The van der Waals surface area contributed by atoms with Crippen LogP contribution in [0.5, 0.6) is 0 Å². The maximum Gasteiger partial charge on any atom is 0.226 e. The van der Waals surface area contributed by atoms with Crippen molar-refractivity contribution in [2.75, 3.05) is 11.9 Å². The highest BCUT2D eigenvalue weighted by Gasteiger charge is 2.16. The van der Waals surface area contributed by atoms with Crippen molar-refractivity contribution in [3.63, 3.8) is 0 Å². The Balaban J connectivity index is 1.70. The molecule has 2 heterocycles. The number of ether oxygens (including phenoxy) is 1. The number of hydrogen-bond acceptors (Lipinski definition) is 4. The van der Waals surface area contributed by atoms with Crippen LogP contribution < -0.4 is 5.32 Å². The van der Waals surface area contributed by atoms with E-state index in [9.17, 15) is 4.79 Å². The Bertz CT molecular complexity index is 724. The Morgan fingerprint density at radius 2 is 2.16 bits per heavy atom. The molecule has 25 heavy (non-hydrogen) atoms. The van der Waals surface area contributed by atoms with Gasteiger partial charge in [-0.1, -0.05) is 18.6 Å². The van der Waals surface area contributed by atoms with Crippen LogP contribution in [0.3, 0.4) is 0 Å². The van der Waals surface area contributed by atoms with Gasteiger partial charge in [0.05, 0.1) is 19.1 Å². The van der Waals surface area contributed by atoms with Crippen LogP contribution >= 0.6 is 0 Å². The van der Waals surface area contributed by atoms with Gasteiger partial charge in [-0.3, -0.25) is 4.79 Å². The minimum Gasteiger partial charge on any atom is -0.378 e. The minimum absolute atomic E-state index is 0.0436. The molecule has 1 amide bonds. The van der Waals surface area contributed by atoms with Crippen molar-refractivity contribution in [2.24, 2.45) is 0 Å². The number of benzene rings is 1. The van der Waals surface area contributed by atoms with Gasteiger partial charge in [-0.15, -0.1) is 10.2 Å². The molecule has 1 aliphatic heterocycles. The van der Waals surface area contributed by atoms with Gasteiger partial charge in [0, 0.05) is 24.2 Å². The number of amides is 1. The predicted molar refractivity (Wildman–Crippen MR) is 97.3 cm³/mol. The van der Waals surface area contributed by atoms with Crippen molar-refractivity contribution in [1.82, 2.24) is 14.8 Å².